The van der Waals surface area contributed by atoms with Crippen LogP contribution in [0, 0.1) is 5.92 Å². The molecule has 1 aromatic heterocycles. The molecule has 0 aromatic carbocycles. The second-order valence-corrected chi connectivity index (χ2v) is 6.91. The zero-order valence-corrected chi connectivity index (χ0v) is 13.2. The molecule has 1 aliphatic heterocycles. The minimum absolute atomic E-state index is 0.661. The summed E-state index contributed by atoms with van der Waals surface area (Å²) < 4.78 is 0. The summed E-state index contributed by atoms with van der Waals surface area (Å²) in [5, 5.41) is 4.19. The van der Waals surface area contributed by atoms with E-state index in [0.717, 1.165) is 54.1 Å². The van der Waals surface area contributed by atoms with Gasteiger partial charge in [-0.05, 0) is 24.1 Å². The Balaban J connectivity index is 1.96. The van der Waals surface area contributed by atoms with Crippen molar-refractivity contribution in [1.29, 1.82) is 0 Å². The van der Waals surface area contributed by atoms with Gasteiger partial charge in [-0.15, -0.1) is 0 Å². The van der Waals surface area contributed by atoms with Crippen molar-refractivity contribution in [2.24, 2.45) is 5.92 Å². The van der Waals surface area contributed by atoms with Crippen LogP contribution in [-0.4, -0.2) is 36.1 Å². The minimum atomic E-state index is 0.661. The first-order valence-electron chi connectivity index (χ1n) is 6.84. The number of hydrogen-bond donors (Lipinski definition) is 1. The molecule has 2 rings (SSSR count). The monoisotopic (exact) mass is 299 g/mol. The third-order valence-corrected chi connectivity index (χ3v) is 4.29. The number of anilines is 1. The first kappa shape index (κ1) is 14.9. The average molecular weight is 300 g/mol. The van der Waals surface area contributed by atoms with E-state index in [0.29, 0.717) is 5.92 Å². The summed E-state index contributed by atoms with van der Waals surface area (Å²) in [6.07, 6.45) is 1.94. The molecule has 0 spiro atoms. The summed E-state index contributed by atoms with van der Waals surface area (Å²) >= 11 is 8.36. The van der Waals surface area contributed by atoms with Gasteiger partial charge in [0.15, 0.2) is 0 Å². The van der Waals surface area contributed by atoms with Gasteiger partial charge in [-0.3, -0.25) is 0 Å². The van der Waals surface area contributed by atoms with Crippen molar-refractivity contribution in [3.63, 3.8) is 0 Å². The van der Waals surface area contributed by atoms with Crippen LogP contribution in [0.3, 0.4) is 0 Å². The molecule has 0 atom stereocenters. The molecule has 0 saturated carbocycles. The third-order valence-electron chi connectivity index (χ3n) is 3.07. The first-order chi connectivity index (χ1) is 9.16. The van der Waals surface area contributed by atoms with Crippen molar-refractivity contribution in [2.45, 2.75) is 20.4 Å². The van der Waals surface area contributed by atoms with Crippen LogP contribution in [0.2, 0.25) is 5.02 Å². The van der Waals surface area contributed by atoms with Gasteiger partial charge in [-0.25, -0.2) is 4.98 Å². The van der Waals surface area contributed by atoms with Crippen LogP contribution >= 0.6 is 23.4 Å². The molecule has 3 nitrogen and oxygen atoms in total. The largest absolute Gasteiger partial charge is 0.354 e. The van der Waals surface area contributed by atoms with Crippen molar-refractivity contribution in [2.75, 3.05) is 36.0 Å². The van der Waals surface area contributed by atoms with E-state index in [1.54, 1.807) is 0 Å². The molecule has 1 aliphatic rings. The molecule has 19 heavy (non-hydrogen) atoms. The number of rotatable bonds is 5. The summed E-state index contributed by atoms with van der Waals surface area (Å²) in [5.41, 5.74) is 1.15. The van der Waals surface area contributed by atoms with E-state index in [-0.39, 0.29) is 0 Å². The Labute approximate surface area is 125 Å². The van der Waals surface area contributed by atoms with E-state index in [4.69, 9.17) is 11.6 Å². The summed E-state index contributed by atoms with van der Waals surface area (Å²) in [5.74, 6) is 3.92. The van der Waals surface area contributed by atoms with Gasteiger partial charge in [-0.1, -0.05) is 25.4 Å². The Hall–Kier alpha value is -0.450. The maximum absolute atomic E-state index is 6.37. The van der Waals surface area contributed by atoms with Crippen LogP contribution in [0.1, 0.15) is 19.4 Å². The third kappa shape index (κ3) is 4.55. The van der Waals surface area contributed by atoms with Crippen molar-refractivity contribution < 1.29 is 0 Å². The second-order valence-electron chi connectivity index (χ2n) is 5.27. The smallest absolute Gasteiger partial charge is 0.147 e. The fraction of sp³-hybridized carbons (Fsp3) is 0.643. The molecule has 0 aliphatic carbocycles. The molecule has 0 bridgehead atoms. The topological polar surface area (TPSA) is 28.2 Å². The van der Waals surface area contributed by atoms with Crippen LogP contribution in [0.5, 0.6) is 0 Å². The lowest BCUT2D eigenvalue weighted by Gasteiger charge is -2.28. The summed E-state index contributed by atoms with van der Waals surface area (Å²) in [6, 6.07) is 2.04. The fourth-order valence-corrected chi connectivity index (χ4v) is 3.29. The van der Waals surface area contributed by atoms with Crippen molar-refractivity contribution in [3.05, 3.63) is 22.8 Å². The highest BCUT2D eigenvalue weighted by Gasteiger charge is 2.15. The van der Waals surface area contributed by atoms with Gasteiger partial charge in [0, 0.05) is 37.3 Å². The van der Waals surface area contributed by atoms with Gasteiger partial charge < -0.3 is 10.2 Å². The highest BCUT2D eigenvalue weighted by Crippen LogP contribution is 2.26. The predicted molar refractivity (Wildman–Crippen MR) is 85.3 cm³/mol. The van der Waals surface area contributed by atoms with Crippen molar-refractivity contribution >= 4 is 29.2 Å². The number of hydrogen-bond acceptors (Lipinski definition) is 4. The second kappa shape index (κ2) is 7.36. The van der Waals surface area contributed by atoms with Crippen molar-refractivity contribution in [1.82, 2.24) is 10.3 Å². The molecular weight excluding hydrogens is 278 g/mol. The van der Waals surface area contributed by atoms with Crippen LogP contribution in [0.15, 0.2) is 12.3 Å². The molecule has 1 aromatic rings. The lowest BCUT2D eigenvalue weighted by Crippen LogP contribution is -2.33. The number of pyridine rings is 1. The maximum Gasteiger partial charge on any atom is 0.147 e. The quantitative estimate of drug-likeness (QED) is 0.904. The van der Waals surface area contributed by atoms with Gasteiger partial charge >= 0.3 is 0 Å². The standard InChI is InChI=1S/C14H22ClN3S/c1-11(2)8-16-9-12-7-13(15)14(17-10-12)18-3-5-19-6-4-18/h7,10-11,16H,3-6,8-9H2,1-2H3. The van der Waals surface area contributed by atoms with Crippen LogP contribution < -0.4 is 10.2 Å². The Morgan fingerprint density at radius 2 is 2.16 bits per heavy atom. The van der Waals surface area contributed by atoms with Crippen LogP contribution in [0.4, 0.5) is 5.82 Å². The molecule has 2 heterocycles. The number of nitrogens with zero attached hydrogens (tertiary/aromatic N) is 2. The number of thioether (sulfide) groups is 1. The predicted octanol–water partition coefficient (Wildman–Crippen LogP) is 3.03. The first-order valence-corrected chi connectivity index (χ1v) is 8.38. The van der Waals surface area contributed by atoms with E-state index in [2.05, 4.69) is 29.0 Å². The fourth-order valence-electron chi connectivity index (χ4n) is 2.08. The van der Waals surface area contributed by atoms with Crippen LogP contribution in [-0.2, 0) is 6.54 Å². The Morgan fingerprint density at radius 1 is 1.42 bits per heavy atom. The average Bonchev–Trinajstić information content (AvgIpc) is 2.39. The molecular formula is C14H22ClN3S. The summed E-state index contributed by atoms with van der Waals surface area (Å²) in [7, 11) is 0. The van der Waals surface area contributed by atoms with E-state index >= 15 is 0 Å². The SMILES string of the molecule is CC(C)CNCc1cnc(N2CCSCC2)c(Cl)c1. The number of halogens is 1. The molecule has 1 N–H and O–H groups in total. The highest BCUT2D eigenvalue weighted by molar-refractivity contribution is 7.99. The van der Waals surface area contributed by atoms with Gasteiger partial charge in [0.2, 0.25) is 0 Å². The molecule has 5 heteroatoms. The maximum atomic E-state index is 6.37. The van der Waals surface area contributed by atoms with Gasteiger partial charge in [0.1, 0.15) is 5.82 Å². The minimum Gasteiger partial charge on any atom is -0.354 e. The summed E-state index contributed by atoms with van der Waals surface area (Å²) in [6.45, 7) is 8.35. The Bertz CT molecular complexity index is 406. The number of aromatic nitrogens is 1. The van der Waals surface area contributed by atoms with Crippen LogP contribution in [0.25, 0.3) is 0 Å². The lowest BCUT2D eigenvalue weighted by molar-refractivity contribution is 0.552. The molecule has 106 valence electrons. The van der Waals surface area contributed by atoms with Gasteiger partial charge in [0.05, 0.1) is 5.02 Å². The molecule has 0 radical (unpaired) electrons. The van der Waals surface area contributed by atoms with Crippen molar-refractivity contribution in [3.8, 4) is 0 Å². The number of nitrogens with one attached hydrogen (secondary N) is 1. The Morgan fingerprint density at radius 3 is 2.79 bits per heavy atom. The summed E-state index contributed by atoms with van der Waals surface area (Å²) in [4.78, 5) is 6.83. The van der Waals surface area contributed by atoms with E-state index in [1.807, 2.05) is 24.0 Å². The van der Waals surface area contributed by atoms with E-state index in [9.17, 15) is 0 Å². The lowest BCUT2D eigenvalue weighted by atomic mass is 10.2. The van der Waals surface area contributed by atoms with E-state index < -0.39 is 0 Å². The zero-order chi connectivity index (χ0) is 13.7. The van der Waals surface area contributed by atoms with E-state index in [1.165, 1.54) is 0 Å². The molecule has 1 fully saturated rings. The highest BCUT2D eigenvalue weighted by atomic mass is 35.5. The molecule has 0 amide bonds. The molecule has 0 unspecified atom stereocenters. The van der Waals surface area contributed by atoms with Gasteiger partial charge in [0.25, 0.3) is 0 Å². The van der Waals surface area contributed by atoms with Gasteiger partial charge in [-0.2, -0.15) is 11.8 Å². The zero-order valence-electron chi connectivity index (χ0n) is 11.7. The normalized spacial score (nSPS) is 16.1. The Kier molecular flexibility index (Phi) is 5.79. The molecule has 1 saturated heterocycles.